The zero-order chi connectivity index (χ0) is 31.6. The number of carbonyl (C=O) groups is 2. The highest BCUT2D eigenvalue weighted by molar-refractivity contribution is 5.93. The van der Waals surface area contributed by atoms with Crippen molar-refractivity contribution in [3.8, 4) is 0 Å². The summed E-state index contributed by atoms with van der Waals surface area (Å²) in [6, 6.07) is 55.7. The Morgan fingerprint density at radius 1 is 0.383 bits per heavy atom. The van der Waals surface area contributed by atoms with Gasteiger partial charge in [-0.3, -0.25) is 0 Å². The Labute approximate surface area is 273 Å². The van der Waals surface area contributed by atoms with Crippen LogP contribution in [0, 0.1) is 0 Å². The predicted molar refractivity (Wildman–Crippen MR) is 179 cm³/mol. The van der Waals surface area contributed by atoms with E-state index >= 15 is 0 Å². The quantitative estimate of drug-likeness (QED) is 0.179. The van der Waals surface area contributed by atoms with Crippen LogP contribution in [0.25, 0.3) is 0 Å². The van der Waals surface area contributed by atoms with Gasteiger partial charge in [-0.1, -0.05) is 146 Å². The molecule has 47 heavy (non-hydrogen) atoms. The van der Waals surface area contributed by atoms with Crippen molar-refractivity contribution in [2.75, 3.05) is 0 Å². The van der Waals surface area contributed by atoms with Gasteiger partial charge in [-0.15, -0.1) is 0 Å². The van der Waals surface area contributed by atoms with Crippen molar-refractivity contribution in [1.29, 1.82) is 0 Å². The van der Waals surface area contributed by atoms with Crippen LogP contribution in [0.3, 0.4) is 0 Å². The minimum atomic E-state index is -0.882. The summed E-state index contributed by atoms with van der Waals surface area (Å²) in [6.45, 7) is 0. The van der Waals surface area contributed by atoms with Crippen LogP contribution in [0.1, 0.15) is 54.1 Å². The van der Waals surface area contributed by atoms with Crippen LogP contribution in [0.15, 0.2) is 170 Å². The minimum Gasteiger partial charge on any atom is -0.453 e. The van der Waals surface area contributed by atoms with Crippen LogP contribution in [-0.2, 0) is 25.7 Å². The lowest BCUT2D eigenvalue weighted by molar-refractivity contribution is -0.0466. The molecule has 0 aromatic heterocycles. The Morgan fingerprint density at radius 2 is 0.681 bits per heavy atom. The van der Waals surface area contributed by atoms with E-state index in [-0.39, 0.29) is 0 Å². The molecule has 1 saturated carbocycles. The third kappa shape index (κ3) is 3.27. The van der Waals surface area contributed by atoms with Gasteiger partial charge in [0.25, 0.3) is 0 Å². The summed E-state index contributed by atoms with van der Waals surface area (Å²) in [4.78, 5) is 28.5. The summed E-state index contributed by atoms with van der Waals surface area (Å²) in [5, 5.41) is 0. The summed E-state index contributed by atoms with van der Waals surface area (Å²) in [6.07, 6.45) is -1.76. The molecular weight excluding hydrogens is 580 g/mol. The third-order valence-corrected chi connectivity index (χ3v) is 10.8. The smallest absolute Gasteiger partial charge is 0.338 e. The molecule has 0 N–H and O–H groups in total. The second-order valence-electron chi connectivity index (χ2n) is 12.6. The van der Waals surface area contributed by atoms with Gasteiger partial charge in [0, 0.05) is 0 Å². The third-order valence-electron chi connectivity index (χ3n) is 10.8. The number of benzene rings is 6. The molecule has 0 bridgehead atoms. The fourth-order valence-corrected chi connectivity index (χ4v) is 9.37. The number of rotatable bonds is 6. The zero-order valence-electron chi connectivity index (χ0n) is 25.5. The fourth-order valence-electron chi connectivity index (χ4n) is 9.37. The second kappa shape index (κ2) is 10.1. The molecule has 6 aromatic rings. The molecule has 5 atom stereocenters. The first-order valence-corrected chi connectivity index (χ1v) is 16.0. The predicted octanol–water partition coefficient (Wildman–Crippen LogP) is 8.04. The molecule has 1 spiro atoms. The van der Waals surface area contributed by atoms with Crippen LogP contribution < -0.4 is 0 Å². The second-order valence-corrected chi connectivity index (χ2v) is 12.6. The van der Waals surface area contributed by atoms with Gasteiger partial charge in [-0.25, -0.2) is 9.59 Å². The van der Waals surface area contributed by atoms with Gasteiger partial charge in [-0.05, 0) is 57.6 Å². The van der Waals surface area contributed by atoms with Crippen LogP contribution in [0.4, 0.5) is 0 Å². The molecule has 9 rings (SSSR count). The van der Waals surface area contributed by atoms with Gasteiger partial charge in [0.1, 0.15) is 0 Å². The average molecular weight is 611 g/mol. The standard InChI is InChI=1S/C43H30O4/c44-39(29-17-5-1-6-18-29)46-37-38(47-40(45)30-19-7-2-8-20-30)42(32-23-11-4-12-24-32)34-26-14-16-28-36(34)43(42)35-27-15-13-25-33(35)41(37,43)31-21-9-3-10-22-31/h1-28,37-38H/t37?,38?,41-,42?,43+/m0/s1. The van der Waals surface area contributed by atoms with Crippen molar-refractivity contribution in [1.82, 2.24) is 0 Å². The van der Waals surface area contributed by atoms with Gasteiger partial charge >= 0.3 is 11.9 Å². The molecule has 0 saturated heterocycles. The largest absolute Gasteiger partial charge is 0.453 e. The molecule has 226 valence electrons. The van der Waals surface area contributed by atoms with E-state index in [2.05, 4.69) is 60.7 Å². The van der Waals surface area contributed by atoms with E-state index in [0.29, 0.717) is 11.1 Å². The lowest BCUT2D eigenvalue weighted by atomic mass is 9.30. The Kier molecular flexibility index (Phi) is 5.94. The number of ether oxygens (including phenoxy) is 2. The van der Waals surface area contributed by atoms with E-state index < -0.39 is 40.4 Å². The van der Waals surface area contributed by atoms with Crippen molar-refractivity contribution in [2.24, 2.45) is 0 Å². The molecule has 0 amide bonds. The van der Waals surface area contributed by atoms with Crippen molar-refractivity contribution in [3.05, 3.63) is 214 Å². The van der Waals surface area contributed by atoms with Crippen molar-refractivity contribution in [2.45, 2.75) is 28.5 Å². The Morgan fingerprint density at radius 3 is 1.04 bits per heavy atom. The molecule has 0 radical (unpaired) electrons. The molecule has 4 nitrogen and oxygen atoms in total. The molecular formula is C43H30O4. The minimum absolute atomic E-state index is 0.441. The van der Waals surface area contributed by atoms with E-state index in [1.807, 2.05) is 84.9 Å². The van der Waals surface area contributed by atoms with Gasteiger partial charge in [-0.2, -0.15) is 0 Å². The maximum atomic E-state index is 14.2. The van der Waals surface area contributed by atoms with E-state index in [4.69, 9.17) is 9.47 Å². The molecule has 0 heterocycles. The lowest BCUT2D eigenvalue weighted by Crippen LogP contribution is -2.72. The SMILES string of the molecule is O=C(OC1C(OC(=O)c2ccccc2)[C@]2(c3ccccc3)c3ccccc3[C@@]23c2ccccc2C13c1ccccc1)c1ccccc1. The first kappa shape index (κ1) is 27.6. The molecule has 3 unspecified atom stereocenters. The van der Waals surface area contributed by atoms with Gasteiger partial charge < -0.3 is 9.47 Å². The van der Waals surface area contributed by atoms with E-state index in [1.165, 1.54) is 0 Å². The van der Waals surface area contributed by atoms with Crippen LogP contribution in [0.2, 0.25) is 0 Å². The highest BCUT2D eigenvalue weighted by Gasteiger charge is 2.90. The number of esters is 2. The van der Waals surface area contributed by atoms with Crippen LogP contribution >= 0.6 is 0 Å². The van der Waals surface area contributed by atoms with Gasteiger partial charge in [0.2, 0.25) is 0 Å². The Balaban J connectivity index is 1.40. The first-order chi connectivity index (χ1) is 23.2. The summed E-state index contributed by atoms with van der Waals surface area (Å²) in [5.74, 6) is -0.917. The molecule has 4 heteroatoms. The number of hydrogen-bond donors (Lipinski definition) is 0. The lowest BCUT2D eigenvalue weighted by Gasteiger charge is -2.69. The fraction of sp³-hybridized carbons (Fsp3) is 0.116. The van der Waals surface area contributed by atoms with E-state index in [1.54, 1.807) is 24.3 Å². The average Bonchev–Trinajstić information content (AvgIpc) is 3.28. The van der Waals surface area contributed by atoms with Crippen molar-refractivity contribution < 1.29 is 19.1 Å². The molecule has 0 aliphatic heterocycles. The van der Waals surface area contributed by atoms with Crippen molar-refractivity contribution >= 4 is 11.9 Å². The van der Waals surface area contributed by atoms with Gasteiger partial charge in [0.05, 0.1) is 27.4 Å². The Bertz CT molecular complexity index is 1990. The highest BCUT2D eigenvalue weighted by Crippen LogP contribution is 2.84. The van der Waals surface area contributed by atoms with E-state index in [0.717, 1.165) is 33.4 Å². The first-order valence-electron chi connectivity index (χ1n) is 16.0. The van der Waals surface area contributed by atoms with Crippen LogP contribution in [-0.4, -0.2) is 24.1 Å². The highest BCUT2D eigenvalue weighted by atomic mass is 16.6. The normalized spacial score (nSPS) is 25.9. The maximum Gasteiger partial charge on any atom is 0.338 e. The molecule has 3 aliphatic carbocycles. The van der Waals surface area contributed by atoms with Crippen LogP contribution in [0.5, 0.6) is 0 Å². The number of fused-ring (bicyclic) bond motifs is 4. The van der Waals surface area contributed by atoms with Gasteiger partial charge in [0.15, 0.2) is 12.2 Å². The number of carbonyl (C=O) groups excluding carboxylic acids is 2. The maximum absolute atomic E-state index is 14.2. The molecule has 6 aromatic carbocycles. The summed E-state index contributed by atoms with van der Waals surface area (Å²) in [5.41, 5.74) is 4.91. The monoisotopic (exact) mass is 610 g/mol. The van der Waals surface area contributed by atoms with Crippen molar-refractivity contribution in [3.63, 3.8) is 0 Å². The molecule has 3 aliphatic rings. The summed E-state index contributed by atoms with van der Waals surface area (Å²) < 4.78 is 13.7. The van der Waals surface area contributed by atoms with E-state index in [9.17, 15) is 9.59 Å². The Hall–Kier alpha value is -5.74. The summed E-state index contributed by atoms with van der Waals surface area (Å²) >= 11 is 0. The zero-order valence-corrected chi connectivity index (χ0v) is 25.5. The number of hydrogen-bond acceptors (Lipinski definition) is 4. The topological polar surface area (TPSA) is 52.6 Å². The molecule has 1 fully saturated rings. The summed E-state index contributed by atoms with van der Waals surface area (Å²) in [7, 11) is 0.